The van der Waals surface area contributed by atoms with Crippen molar-refractivity contribution in [3.63, 3.8) is 0 Å². The van der Waals surface area contributed by atoms with Crippen LogP contribution in [0.5, 0.6) is 0 Å². The summed E-state index contributed by atoms with van der Waals surface area (Å²) < 4.78 is 1.77. The third kappa shape index (κ3) is 2.85. The molecule has 0 unspecified atom stereocenters. The molecule has 7 heteroatoms. The average molecular weight is 420 g/mol. The molecule has 0 bridgehead atoms. The number of rotatable bonds is 3. The van der Waals surface area contributed by atoms with Crippen LogP contribution in [-0.4, -0.2) is 30.3 Å². The summed E-state index contributed by atoms with van der Waals surface area (Å²) in [6, 6.07) is 16.1. The van der Waals surface area contributed by atoms with Crippen LogP contribution in [0.4, 0.5) is 11.6 Å². The number of hydrogen-bond acceptors (Lipinski definition) is 6. The quantitative estimate of drug-likeness (QED) is 0.463. The predicted octanol–water partition coefficient (Wildman–Crippen LogP) is 4.49. The minimum absolute atomic E-state index is 0.246. The molecule has 3 heterocycles. The zero-order chi connectivity index (χ0) is 21.9. The van der Waals surface area contributed by atoms with E-state index in [4.69, 9.17) is 0 Å². The second-order valence-corrected chi connectivity index (χ2v) is 8.64. The van der Waals surface area contributed by atoms with Crippen molar-refractivity contribution < 1.29 is 4.79 Å². The largest absolute Gasteiger partial charge is 0.323 e. The number of ketones is 1. The second-order valence-electron chi connectivity index (χ2n) is 8.64. The molecule has 3 aromatic heterocycles. The lowest BCUT2D eigenvalue weighted by atomic mass is 9.86. The minimum Gasteiger partial charge on any atom is -0.323 e. The topological polar surface area (TPSA) is 85.1 Å². The fourth-order valence-corrected chi connectivity index (χ4v) is 4.38. The lowest BCUT2D eigenvalue weighted by molar-refractivity contribution is -0.121. The van der Waals surface area contributed by atoms with Crippen LogP contribution in [0, 0.1) is 0 Å². The van der Waals surface area contributed by atoms with Crippen LogP contribution in [0.1, 0.15) is 25.0 Å². The van der Waals surface area contributed by atoms with Crippen molar-refractivity contribution in [2.45, 2.75) is 25.7 Å². The van der Waals surface area contributed by atoms with Gasteiger partial charge in [0.15, 0.2) is 5.65 Å². The van der Waals surface area contributed by atoms with Gasteiger partial charge < -0.3 is 5.32 Å². The van der Waals surface area contributed by atoms with Gasteiger partial charge in [-0.3, -0.25) is 14.8 Å². The monoisotopic (exact) mass is 420 g/mol. The van der Waals surface area contributed by atoms with Crippen LogP contribution in [0.15, 0.2) is 67.1 Å². The highest BCUT2D eigenvalue weighted by molar-refractivity contribution is 5.96. The van der Waals surface area contributed by atoms with Gasteiger partial charge in [0, 0.05) is 34.7 Å². The van der Waals surface area contributed by atoms with Gasteiger partial charge in [-0.2, -0.15) is 4.98 Å². The van der Waals surface area contributed by atoms with Crippen molar-refractivity contribution in [1.29, 1.82) is 0 Å². The number of Topliss-reactive ketones (excluding diaryl/α,β-unsaturated/α-hetero) is 1. The van der Waals surface area contributed by atoms with Gasteiger partial charge in [-0.15, -0.1) is 5.10 Å². The molecule has 0 atom stereocenters. The number of carbonyl (C=O) groups is 1. The highest BCUT2D eigenvalue weighted by atomic mass is 16.1. The fraction of sp³-hybridized carbons (Fsp3) is 0.160. The molecule has 32 heavy (non-hydrogen) atoms. The number of benzene rings is 2. The standard InChI is InChI=1S/C25H20N6O/c1-25(2)19-8-7-18(10-16(19)11-22(25)32)28-24-29-23-14-26-13-21(31(23)30-24)17-9-15-5-3-4-6-20(15)27-12-17/h3-10,12-14H,11H2,1-2H3,(H,28,30). The summed E-state index contributed by atoms with van der Waals surface area (Å²) in [5.74, 6) is 0.715. The molecule has 2 aromatic carbocycles. The van der Waals surface area contributed by atoms with Gasteiger partial charge in [-0.05, 0) is 49.2 Å². The SMILES string of the molecule is CC1(C)C(=O)Cc2cc(Nc3nc4cncc(-c5cnc6ccccc6c5)n4n3)ccc21. The van der Waals surface area contributed by atoms with Gasteiger partial charge in [-0.25, -0.2) is 4.52 Å². The number of aromatic nitrogens is 5. The third-order valence-electron chi connectivity index (χ3n) is 6.22. The maximum absolute atomic E-state index is 12.3. The Bertz CT molecular complexity index is 1530. The van der Waals surface area contributed by atoms with Crippen LogP contribution in [0.25, 0.3) is 27.8 Å². The Balaban J connectivity index is 1.37. The number of hydrogen-bond donors (Lipinski definition) is 1. The van der Waals surface area contributed by atoms with E-state index in [2.05, 4.69) is 31.4 Å². The third-order valence-corrected chi connectivity index (χ3v) is 6.22. The zero-order valence-corrected chi connectivity index (χ0v) is 17.7. The molecule has 6 rings (SSSR count). The van der Waals surface area contributed by atoms with E-state index in [0.29, 0.717) is 18.0 Å². The molecule has 1 aliphatic rings. The zero-order valence-electron chi connectivity index (χ0n) is 17.7. The summed E-state index contributed by atoms with van der Waals surface area (Å²) in [5, 5.41) is 8.99. The molecule has 7 nitrogen and oxygen atoms in total. The molecule has 0 saturated heterocycles. The Labute approximate surface area is 184 Å². The Morgan fingerprint density at radius 2 is 1.91 bits per heavy atom. The lowest BCUT2D eigenvalue weighted by Gasteiger charge is -2.17. The molecule has 0 radical (unpaired) electrons. The summed E-state index contributed by atoms with van der Waals surface area (Å²) in [7, 11) is 0. The highest BCUT2D eigenvalue weighted by Crippen LogP contribution is 2.37. The number of anilines is 2. The summed E-state index contributed by atoms with van der Waals surface area (Å²) in [4.78, 5) is 25.8. The molecule has 0 saturated carbocycles. The van der Waals surface area contributed by atoms with Crippen molar-refractivity contribution >= 4 is 34.0 Å². The molecular weight excluding hydrogens is 400 g/mol. The number of pyridine rings is 1. The number of fused-ring (bicyclic) bond motifs is 3. The Morgan fingerprint density at radius 3 is 2.81 bits per heavy atom. The molecule has 1 N–H and O–H groups in total. The minimum atomic E-state index is -0.427. The van der Waals surface area contributed by atoms with Gasteiger partial charge in [-0.1, -0.05) is 24.3 Å². The van der Waals surface area contributed by atoms with Gasteiger partial charge >= 0.3 is 0 Å². The number of nitrogens with one attached hydrogen (secondary N) is 1. The van der Waals surface area contributed by atoms with Crippen LogP contribution >= 0.6 is 0 Å². The molecule has 5 aromatic rings. The summed E-state index contributed by atoms with van der Waals surface area (Å²) in [5.41, 5.74) is 5.87. The number of nitrogens with zero attached hydrogens (tertiary/aromatic N) is 5. The lowest BCUT2D eigenvalue weighted by Crippen LogP contribution is -2.23. The molecule has 0 aliphatic heterocycles. The van der Waals surface area contributed by atoms with E-state index in [1.54, 1.807) is 16.9 Å². The van der Waals surface area contributed by atoms with Crippen molar-refractivity contribution in [1.82, 2.24) is 24.6 Å². The van der Waals surface area contributed by atoms with E-state index in [0.717, 1.165) is 39.0 Å². The normalized spacial score (nSPS) is 14.8. The molecule has 0 fully saturated rings. The number of carbonyl (C=O) groups excluding carboxylic acids is 1. The van der Waals surface area contributed by atoms with E-state index in [9.17, 15) is 4.79 Å². The first kappa shape index (κ1) is 18.6. The van der Waals surface area contributed by atoms with Gasteiger partial charge in [0.05, 0.1) is 23.6 Å². The van der Waals surface area contributed by atoms with Crippen molar-refractivity contribution in [2.75, 3.05) is 5.32 Å². The van der Waals surface area contributed by atoms with Crippen LogP contribution in [0.2, 0.25) is 0 Å². The molecule has 156 valence electrons. The summed E-state index contributed by atoms with van der Waals surface area (Å²) in [6.07, 6.45) is 5.73. The van der Waals surface area contributed by atoms with Crippen molar-refractivity contribution in [3.05, 3.63) is 78.2 Å². The van der Waals surface area contributed by atoms with Gasteiger partial charge in [0.2, 0.25) is 5.95 Å². The summed E-state index contributed by atoms with van der Waals surface area (Å²) >= 11 is 0. The molecular formula is C25H20N6O. The Hall–Kier alpha value is -4.13. The van der Waals surface area contributed by atoms with Gasteiger partial charge in [0.25, 0.3) is 0 Å². The van der Waals surface area contributed by atoms with Crippen molar-refractivity contribution in [3.8, 4) is 11.3 Å². The first-order valence-electron chi connectivity index (χ1n) is 10.5. The first-order chi connectivity index (χ1) is 15.5. The van der Waals surface area contributed by atoms with E-state index in [1.165, 1.54) is 0 Å². The second kappa shape index (κ2) is 6.68. The molecule has 0 amide bonds. The van der Waals surface area contributed by atoms with Crippen LogP contribution < -0.4 is 5.32 Å². The Kier molecular flexibility index (Phi) is 3.89. The maximum Gasteiger partial charge on any atom is 0.247 e. The maximum atomic E-state index is 12.3. The molecule has 1 aliphatic carbocycles. The van der Waals surface area contributed by atoms with E-state index in [-0.39, 0.29) is 5.78 Å². The average Bonchev–Trinajstić information content (AvgIpc) is 3.30. The van der Waals surface area contributed by atoms with E-state index >= 15 is 0 Å². The van der Waals surface area contributed by atoms with E-state index < -0.39 is 5.41 Å². The van der Waals surface area contributed by atoms with Gasteiger partial charge in [0.1, 0.15) is 5.78 Å². The number of para-hydroxylation sites is 1. The summed E-state index contributed by atoms with van der Waals surface area (Å²) in [6.45, 7) is 3.96. The predicted molar refractivity (Wildman–Crippen MR) is 123 cm³/mol. The van der Waals surface area contributed by atoms with Crippen molar-refractivity contribution in [2.24, 2.45) is 0 Å². The van der Waals surface area contributed by atoms with Crippen LogP contribution in [-0.2, 0) is 16.6 Å². The fourth-order valence-electron chi connectivity index (χ4n) is 4.38. The smallest absolute Gasteiger partial charge is 0.247 e. The van der Waals surface area contributed by atoms with E-state index in [1.807, 2.05) is 62.5 Å². The van der Waals surface area contributed by atoms with Crippen LogP contribution in [0.3, 0.4) is 0 Å². The highest BCUT2D eigenvalue weighted by Gasteiger charge is 2.37. The Morgan fingerprint density at radius 1 is 1.03 bits per heavy atom. The molecule has 0 spiro atoms. The first-order valence-corrected chi connectivity index (χ1v) is 10.5.